The van der Waals surface area contributed by atoms with Crippen molar-refractivity contribution in [3.8, 4) is 11.1 Å². The van der Waals surface area contributed by atoms with E-state index in [0.717, 1.165) is 46.2 Å². The van der Waals surface area contributed by atoms with Crippen LogP contribution in [0.4, 0.5) is 19.1 Å². The molecule has 1 amide bonds. The second kappa shape index (κ2) is 8.76. The Morgan fingerprint density at radius 3 is 2.51 bits per heavy atom. The van der Waals surface area contributed by atoms with E-state index in [0.29, 0.717) is 21.6 Å². The van der Waals surface area contributed by atoms with E-state index in [2.05, 4.69) is 11.9 Å². The van der Waals surface area contributed by atoms with Crippen LogP contribution >= 0.6 is 0 Å². The topological polar surface area (TPSA) is 64.2 Å². The van der Waals surface area contributed by atoms with Gasteiger partial charge < -0.3 is 5.73 Å². The first-order valence-corrected chi connectivity index (χ1v) is 11.6. The minimum Gasteiger partial charge on any atom is -0.368 e. The number of aromatic nitrogens is 2. The first-order chi connectivity index (χ1) is 16.8. The molecule has 1 aromatic heterocycles. The van der Waals surface area contributed by atoms with E-state index >= 15 is 0 Å². The van der Waals surface area contributed by atoms with E-state index < -0.39 is 24.5 Å². The van der Waals surface area contributed by atoms with E-state index in [9.17, 15) is 18.0 Å². The summed E-state index contributed by atoms with van der Waals surface area (Å²) >= 11 is 0. The molecule has 3 aromatic carbocycles. The zero-order valence-corrected chi connectivity index (χ0v) is 19.2. The van der Waals surface area contributed by atoms with Crippen molar-refractivity contribution in [1.82, 2.24) is 9.66 Å². The van der Waals surface area contributed by atoms with Gasteiger partial charge in [-0.2, -0.15) is 13.2 Å². The molecule has 0 saturated heterocycles. The summed E-state index contributed by atoms with van der Waals surface area (Å²) in [5.74, 6) is -1.74. The van der Waals surface area contributed by atoms with Crippen molar-refractivity contribution >= 4 is 22.9 Å². The van der Waals surface area contributed by atoms with Gasteiger partial charge in [-0.15, -0.1) is 0 Å². The zero-order chi connectivity index (χ0) is 24.7. The van der Waals surface area contributed by atoms with Gasteiger partial charge in [-0.25, -0.2) is 14.7 Å². The molecule has 0 bridgehead atoms. The van der Waals surface area contributed by atoms with Gasteiger partial charge in [0.15, 0.2) is 0 Å². The molecule has 1 heterocycles. The number of nitrogens with zero attached hydrogens (tertiary/aromatic N) is 3. The van der Waals surface area contributed by atoms with Crippen LogP contribution < -0.4 is 10.7 Å². The number of amides is 1. The highest BCUT2D eigenvalue weighted by Gasteiger charge is 2.42. The number of nitrogens with two attached hydrogens (primary N) is 1. The Morgan fingerprint density at radius 2 is 1.74 bits per heavy atom. The van der Waals surface area contributed by atoms with Crippen LogP contribution in [0.1, 0.15) is 42.4 Å². The van der Waals surface area contributed by atoms with Crippen LogP contribution in [0, 0.1) is 0 Å². The number of rotatable bonds is 6. The van der Waals surface area contributed by atoms with Crippen LogP contribution in [0.2, 0.25) is 0 Å². The third kappa shape index (κ3) is 4.03. The van der Waals surface area contributed by atoms with Crippen molar-refractivity contribution < 1.29 is 18.0 Å². The van der Waals surface area contributed by atoms with Crippen molar-refractivity contribution in [2.45, 2.75) is 38.3 Å². The van der Waals surface area contributed by atoms with Gasteiger partial charge in [0.05, 0.1) is 17.0 Å². The van der Waals surface area contributed by atoms with Crippen LogP contribution in [-0.2, 0) is 11.2 Å². The maximum atomic E-state index is 14.2. The van der Waals surface area contributed by atoms with Crippen molar-refractivity contribution in [3.63, 3.8) is 0 Å². The number of hydrogen-bond donors (Lipinski definition) is 1. The molecule has 180 valence electrons. The number of halogens is 3. The summed E-state index contributed by atoms with van der Waals surface area (Å²) in [7, 11) is 0. The van der Waals surface area contributed by atoms with E-state index in [4.69, 9.17) is 5.73 Å². The molecule has 0 aliphatic heterocycles. The molecule has 0 spiro atoms. The second-order valence-electron chi connectivity index (χ2n) is 8.78. The molecule has 4 aromatic rings. The highest BCUT2D eigenvalue weighted by molar-refractivity contribution is 6.02. The standard InChI is InChI=1S/C27H25F3N4O/c1-2-3-9-17-10-8-13-19-18-11-4-5-12-20(18)24(23(17)19)25(35)33(16-27(28,29)30)34-22-15-7-6-14-21(22)32-26(34)31/h4-8,10-15,24H,2-3,9,16H2,1H3,(H2,31,32). The number of alkyl halides is 3. The van der Waals surface area contributed by atoms with Gasteiger partial charge in [0.25, 0.3) is 5.91 Å². The van der Waals surface area contributed by atoms with Crippen molar-refractivity contribution in [3.05, 3.63) is 83.4 Å². The molecule has 8 heteroatoms. The van der Waals surface area contributed by atoms with E-state index in [1.807, 2.05) is 42.5 Å². The largest absolute Gasteiger partial charge is 0.408 e. The number of unbranched alkanes of at least 4 members (excludes halogenated alkanes) is 1. The lowest BCUT2D eigenvalue weighted by atomic mass is 9.90. The molecule has 5 rings (SSSR count). The van der Waals surface area contributed by atoms with Crippen LogP contribution in [0.3, 0.4) is 0 Å². The zero-order valence-electron chi connectivity index (χ0n) is 19.2. The summed E-state index contributed by atoms with van der Waals surface area (Å²) < 4.78 is 42.6. The predicted molar refractivity (Wildman–Crippen MR) is 131 cm³/mol. The number of hydrogen-bond acceptors (Lipinski definition) is 3. The summed E-state index contributed by atoms with van der Waals surface area (Å²) in [4.78, 5) is 18.4. The Labute approximate surface area is 201 Å². The Bertz CT molecular complexity index is 1410. The summed E-state index contributed by atoms with van der Waals surface area (Å²) in [6, 6.07) is 19.9. The van der Waals surface area contributed by atoms with Crippen LogP contribution in [0.5, 0.6) is 0 Å². The molecule has 5 nitrogen and oxygen atoms in total. The van der Waals surface area contributed by atoms with Crippen LogP contribution in [-0.4, -0.2) is 28.3 Å². The molecule has 0 saturated carbocycles. The number of para-hydroxylation sites is 2. The molecule has 0 fully saturated rings. The Balaban J connectivity index is 1.70. The molecule has 0 radical (unpaired) electrons. The van der Waals surface area contributed by atoms with Gasteiger partial charge >= 0.3 is 6.18 Å². The number of fused-ring (bicyclic) bond motifs is 4. The molecule has 35 heavy (non-hydrogen) atoms. The monoisotopic (exact) mass is 478 g/mol. The van der Waals surface area contributed by atoms with Gasteiger partial charge in [-0.05, 0) is 52.8 Å². The number of anilines is 1. The number of nitrogen functional groups attached to an aromatic ring is 1. The maximum Gasteiger partial charge on any atom is 0.408 e. The fourth-order valence-electron chi connectivity index (χ4n) is 5.03. The van der Waals surface area contributed by atoms with Crippen LogP contribution in [0.15, 0.2) is 66.7 Å². The summed E-state index contributed by atoms with van der Waals surface area (Å²) in [6.45, 7) is 0.597. The Kier molecular flexibility index (Phi) is 5.75. The Morgan fingerprint density at radius 1 is 1.03 bits per heavy atom. The first kappa shape index (κ1) is 23.0. The fourth-order valence-corrected chi connectivity index (χ4v) is 5.03. The minimum atomic E-state index is -4.64. The van der Waals surface area contributed by atoms with Gasteiger partial charge in [0.2, 0.25) is 5.95 Å². The third-order valence-electron chi connectivity index (χ3n) is 6.48. The SMILES string of the molecule is CCCCc1cccc2c1C(C(=O)N(CC(F)(F)F)n1c(N)nc3ccccc31)c1ccccc1-2. The summed E-state index contributed by atoms with van der Waals surface area (Å²) in [5, 5.41) is 0.706. The first-order valence-electron chi connectivity index (χ1n) is 11.6. The van der Waals surface area contributed by atoms with Crippen molar-refractivity contribution in [1.29, 1.82) is 0 Å². The maximum absolute atomic E-state index is 14.2. The normalized spacial score (nSPS) is 14.7. The average Bonchev–Trinajstić information content (AvgIpc) is 3.35. The quantitative estimate of drug-likeness (QED) is 0.381. The molecular weight excluding hydrogens is 453 g/mol. The molecular formula is C27H25F3N4O. The third-order valence-corrected chi connectivity index (χ3v) is 6.48. The lowest BCUT2D eigenvalue weighted by Gasteiger charge is -2.29. The summed E-state index contributed by atoms with van der Waals surface area (Å²) in [6.07, 6.45) is -2.02. The smallest absolute Gasteiger partial charge is 0.368 e. The van der Waals surface area contributed by atoms with E-state index in [-0.39, 0.29) is 5.95 Å². The highest BCUT2D eigenvalue weighted by atomic mass is 19.4. The minimum absolute atomic E-state index is 0.172. The number of aryl methyl sites for hydroxylation is 1. The molecule has 1 unspecified atom stereocenters. The molecule has 1 atom stereocenters. The molecule has 1 aliphatic rings. The van der Waals surface area contributed by atoms with Crippen molar-refractivity contribution in [2.24, 2.45) is 0 Å². The lowest BCUT2D eigenvalue weighted by Crippen LogP contribution is -2.49. The lowest BCUT2D eigenvalue weighted by molar-refractivity contribution is -0.136. The molecule has 2 N–H and O–H groups in total. The second-order valence-corrected chi connectivity index (χ2v) is 8.78. The number of benzene rings is 3. The number of carbonyl (C=O) groups excluding carboxylic acids is 1. The van der Waals surface area contributed by atoms with E-state index in [1.165, 1.54) is 0 Å². The van der Waals surface area contributed by atoms with Crippen molar-refractivity contribution in [2.75, 3.05) is 17.3 Å². The van der Waals surface area contributed by atoms with Gasteiger partial charge in [-0.1, -0.05) is 67.9 Å². The number of imidazole rings is 1. The fraction of sp³-hybridized carbons (Fsp3) is 0.259. The summed E-state index contributed by atoms with van der Waals surface area (Å²) in [5.41, 5.74) is 11.1. The Hall–Kier alpha value is -3.81. The highest BCUT2D eigenvalue weighted by Crippen LogP contribution is 2.47. The van der Waals surface area contributed by atoms with Gasteiger partial charge in [-0.3, -0.25) is 4.79 Å². The predicted octanol–water partition coefficient (Wildman–Crippen LogP) is 5.80. The van der Waals surface area contributed by atoms with Gasteiger partial charge in [0.1, 0.15) is 6.54 Å². The van der Waals surface area contributed by atoms with E-state index in [1.54, 1.807) is 24.3 Å². The van der Waals surface area contributed by atoms with Gasteiger partial charge in [0, 0.05) is 0 Å². The molecule has 1 aliphatic carbocycles. The average molecular weight is 479 g/mol. The number of carbonyl (C=O) groups is 1. The van der Waals surface area contributed by atoms with Crippen LogP contribution in [0.25, 0.3) is 22.2 Å².